The minimum Gasteiger partial charge on any atom is -0.338 e. The van der Waals surface area contributed by atoms with Crippen molar-refractivity contribution < 1.29 is 13.2 Å². The molecule has 2 rings (SSSR count). The van der Waals surface area contributed by atoms with E-state index in [4.69, 9.17) is 23.2 Å². The number of urea groups is 1. The Morgan fingerprint density at radius 1 is 1.21 bits per heavy atom. The van der Waals surface area contributed by atoms with Crippen LogP contribution in [-0.2, 0) is 10.0 Å². The van der Waals surface area contributed by atoms with E-state index in [1.807, 2.05) is 13.8 Å². The van der Waals surface area contributed by atoms with Crippen molar-refractivity contribution in [2.75, 3.05) is 32.7 Å². The van der Waals surface area contributed by atoms with Gasteiger partial charge in [0.1, 0.15) is 4.90 Å². The summed E-state index contributed by atoms with van der Waals surface area (Å²) in [7, 11) is -3.73. The topological polar surface area (TPSA) is 69.7 Å². The highest BCUT2D eigenvalue weighted by Crippen LogP contribution is 2.28. The van der Waals surface area contributed by atoms with Gasteiger partial charge in [0, 0.05) is 37.7 Å². The molecule has 0 bridgehead atoms. The van der Waals surface area contributed by atoms with Gasteiger partial charge < -0.3 is 10.2 Å². The van der Waals surface area contributed by atoms with Crippen LogP contribution in [-0.4, -0.2) is 56.4 Å². The van der Waals surface area contributed by atoms with Crippen LogP contribution in [0.2, 0.25) is 10.0 Å². The molecule has 1 N–H and O–H groups in total. The maximum atomic E-state index is 12.7. The molecular weight excluding hydrogens is 373 g/mol. The van der Waals surface area contributed by atoms with Crippen LogP contribution < -0.4 is 5.32 Å². The number of benzene rings is 1. The molecule has 0 spiro atoms. The Kier molecular flexibility index (Phi) is 6.36. The van der Waals surface area contributed by atoms with Crippen molar-refractivity contribution in [3.63, 3.8) is 0 Å². The highest BCUT2D eigenvalue weighted by molar-refractivity contribution is 7.89. The van der Waals surface area contributed by atoms with Crippen LogP contribution in [0.25, 0.3) is 0 Å². The quantitative estimate of drug-likeness (QED) is 0.854. The van der Waals surface area contributed by atoms with E-state index in [-0.39, 0.29) is 29.0 Å². The smallest absolute Gasteiger partial charge is 0.317 e. The van der Waals surface area contributed by atoms with E-state index in [0.717, 1.165) is 0 Å². The Balaban J connectivity index is 2.03. The summed E-state index contributed by atoms with van der Waals surface area (Å²) >= 11 is 11.9. The van der Waals surface area contributed by atoms with Crippen LogP contribution in [0.5, 0.6) is 0 Å². The van der Waals surface area contributed by atoms with Crippen molar-refractivity contribution in [2.45, 2.75) is 18.7 Å². The molecule has 1 aromatic rings. The fraction of sp³-hybridized carbons (Fsp3) is 0.533. The Morgan fingerprint density at radius 3 is 2.42 bits per heavy atom. The van der Waals surface area contributed by atoms with Gasteiger partial charge in [-0.25, -0.2) is 13.2 Å². The lowest BCUT2D eigenvalue weighted by Crippen LogP contribution is -2.53. The Morgan fingerprint density at radius 2 is 1.83 bits per heavy atom. The van der Waals surface area contributed by atoms with E-state index in [9.17, 15) is 13.2 Å². The Labute approximate surface area is 152 Å². The second kappa shape index (κ2) is 7.91. The molecule has 0 saturated carbocycles. The number of piperazine rings is 1. The van der Waals surface area contributed by atoms with E-state index in [1.165, 1.54) is 16.4 Å². The van der Waals surface area contributed by atoms with Gasteiger partial charge in [0.2, 0.25) is 10.0 Å². The first kappa shape index (κ1) is 19.3. The summed E-state index contributed by atoms with van der Waals surface area (Å²) in [6, 6.07) is 4.19. The van der Waals surface area contributed by atoms with E-state index < -0.39 is 10.0 Å². The van der Waals surface area contributed by atoms with Crippen LogP contribution in [0.3, 0.4) is 0 Å². The number of nitrogens with one attached hydrogen (secondary N) is 1. The lowest BCUT2D eigenvalue weighted by Gasteiger charge is -2.34. The molecule has 2 amide bonds. The molecule has 0 aromatic heterocycles. The number of sulfonamides is 1. The van der Waals surface area contributed by atoms with E-state index in [0.29, 0.717) is 30.6 Å². The highest BCUT2D eigenvalue weighted by Gasteiger charge is 2.31. The number of hydrogen-bond donors (Lipinski definition) is 1. The highest BCUT2D eigenvalue weighted by atomic mass is 35.5. The van der Waals surface area contributed by atoms with Gasteiger partial charge in [0.25, 0.3) is 0 Å². The zero-order valence-corrected chi connectivity index (χ0v) is 16.0. The summed E-state index contributed by atoms with van der Waals surface area (Å²) in [5.41, 5.74) is 0. The minimum absolute atomic E-state index is 0.00521. The molecule has 1 fully saturated rings. The summed E-state index contributed by atoms with van der Waals surface area (Å²) in [5.74, 6) is 0.362. The first-order valence-electron chi connectivity index (χ1n) is 7.70. The Bertz CT molecular complexity index is 702. The molecule has 1 saturated heterocycles. The van der Waals surface area contributed by atoms with Crippen molar-refractivity contribution >= 4 is 39.3 Å². The van der Waals surface area contributed by atoms with Crippen LogP contribution >= 0.6 is 23.2 Å². The van der Waals surface area contributed by atoms with E-state index in [2.05, 4.69) is 5.32 Å². The summed E-state index contributed by atoms with van der Waals surface area (Å²) in [4.78, 5) is 13.6. The third-order valence-corrected chi connectivity index (χ3v) is 6.31. The number of halogens is 2. The molecule has 1 aliphatic heterocycles. The van der Waals surface area contributed by atoms with Crippen molar-refractivity contribution in [1.29, 1.82) is 0 Å². The Hall–Kier alpha value is -1.02. The molecule has 1 aliphatic rings. The van der Waals surface area contributed by atoms with Gasteiger partial charge in [-0.15, -0.1) is 0 Å². The second-order valence-electron chi connectivity index (χ2n) is 6.05. The SMILES string of the molecule is CC(C)CNC(=O)N1CCN(S(=O)(=O)c2cc(Cl)ccc2Cl)CC1. The van der Waals surface area contributed by atoms with Crippen molar-refractivity contribution in [1.82, 2.24) is 14.5 Å². The maximum Gasteiger partial charge on any atom is 0.317 e. The van der Waals surface area contributed by atoms with Gasteiger partial charge >= 0.3 is 6.03 Å². The fourth-order valence-corrected chi connectivity index (χ4v) is 4.51. The van der Waals surface area contributed by atoms with Gasteiger partial charge in [0.15, 0.2) is 0 Å². The summed E-state index contributed by atoms with van der Waals surface area (Å²) in [6.45, 7) is 5.73. The molecule has 9 heteroatoms. The molecule has 6 nitrogen and oxygen atoms in total. The molecule has 0 aliphatic carbocycles. The number of nitrogens with zero attached hydrogens (tertiary/aromatic N) is 2. The molecule has 24 heavy (non-hydrogen) atoms. The normalized spacial score (nSPS) is 16.5. The number of carbonyl (C=O) groups excluding carboxylic acids is 1. The average molecular weight is 394 g/mol. The van der Waals surface area contributed by atoms with Crippen LogP contribution in [0.1, 0.15) is 13.8 Å². The second-order valence-corrected chi connectivity index (χ2v) is 8.80. The monoisotopic (exact) mass is 393 g/mol. The first-order chi connectivity index (χ1) is 11.2. The van der Waals surface area contributed by atoms with E-state index >= 15 is 0 Å². The lowest BCUT2D eigenvalue weighted by molar-refractivity contribution is 0.171. The maximum absolute atomic E-state index is 12.7. The predicted octanol–water partition coefficient (Wildman–Crippen LogP) is 2.67. The van der Waals surface area contributed by atoms with Crippen LogP contribution in [0.15, 0.2) is 23.1 Å². The van der Waals surface area contributed by atoms with Crippen LogP contribution in [0.4, 0.5) is 4.79 Å². The standard InChI is InChI=1S/C15H21Cl2N3O3S/c1-11(2)10-18-15(21)19-5-7-20(8-6-19)24(22,23)14-9-12(16)3-4-13(14)17/h3-4,9,11H,5-8,10H2,1-2H3,(H,18,21). The van der Waals surface area contributed by atoms with Crippen LogP contribution in [0, 0.1) is 5.92 Å². The molecule has 1 aromatic carbocycles. The first-order valence-corrected chi connectivity index (χ1v) is 9.89. The van der Waals surface area contributed by atoms with Crippen molar-refractivity contribution in [3.8, 4) is 0 Å². The average Bonchev–Trinajstić information content (AvgIpc) is 2.54. The zero-order chi connectivity index (χ0) is 17.9. The molecule has 1 heterocycles. The third kappa shape index (κ3) is 4.53. The summed E-state index contributed by atoms with van der Waals surface area (Å²) in [6.07, 6.45) is 0. The van der Waals surface area contributed by atoms with Gasteiger partial charge in [-0.05, 0) is 24.1 Å². The number of rotatable bonds is 4. The minimum atomic E-state index is -3.73. The zero-order valence-electron chi connectivity index (χ0n) is 13.6. The number of amides is 2. The molecule has 0 unspecified atom stereocenters. The summed E-state index contributed by atoms with van der Waals surface area (Å²) in [5, 5.41) is 3.28. The number of hydrogen-bond acceptors (Lipinski definition) is 3. The third-order valence-electron chi connectivity index (χ3n) is 3.70. The predicted molar refractivity (Wildman–Crippen MR) is 95.0 cm³/mol. The van der Waals surface area contributed by atoms with E-state index in [1.54, 1.807) is 11.0 Å². The number of carbonyl (C=O) groups is 1. The molecule has 0 radical (unpaired) electrons. The van der Waals surface area contributed by atoms with Gasteiger partial charge in [-0.2, -0.15) is 4.31 Å². The summed E-state index contributed by atoms with van der Waals surface area (Å²) < 4.78 is 26.8. The lowest BCUT2D eigenvalue weighted by atomic mass is 10.2. The van der Waals surface area contributed by atoms with Crippen molar-refractivity contribution in [2.24, 2.45) is 5.92 Å². The molecule has 134 valence electrons. The largest absolute Gasteiger partial charge is 0.338 e. The molecule has 0 atom stereocenters. The van der Waals surface area contributed by atoms with Crippen molar-refractivity contribution in [3.05, 3.63) is 28.2 Å². The van der Waals surface area contributed by atoms with Gasteiger partial charge in [-0.3, -0.25) is 0 Å². The van der Waals surface area contributed by atoms with Gasteiger partial charge in [-0.1, -0.05) is 37.0 Å². The van der Waals surface area contributed by atoms with Gasteiger partial charge in [0.05, 0.1) is 5.02 Å². The molecular formula is C15H21Cl2N3O3S. The fourth-order valence-electron chi connectivity index (χ4n) is 2.35.